The minimum atomic E-state index is -0.208. The lowest BCUT2D eigenvalue weighted by molar-refractivity contribution is -0.143. The van der Waals surface area contributed by atoms with E-state index in [0.29, 0.717) is 43.6 Å². The number of ether oxygens (including phenoxy) is 2. The van der Waals surface area contributed by atoms with Gasteiger partial charge < -0.3 is 14.5 Å². The van der Waals surface area contributed by atoms with E-state index in [0.717, 1.165) is 53.9 Å². The van der Waals surface area contributed by atoms with Crippen LogP contribution < -0.4 is 4.74 Å². The number of nitrogens with one attached hydrogen (secondary N) is 1. The number of ketones is 1. The molecular formula is C36H41NO4. The molecule has 4 aromatic rings. The van der Waals surface area contributed by atoms with Crippen LogP contribution in [0.4, 0.5) is 0 Å². The maximum absolute atomic E-state index is 13.6. The Morgan fingerprint density at radius 1 is 0.829 bits per heavy atom. The zero-order valence-electron chi connectivity index (χ0n) is 24.1. The molecule has 0 bridgehead atoms. The number of aromatic nitrogens is 1. The van der Waals surface area contributed by atoms with Crippen molar-refractivity contribution in [1.82, 2.24) is 4.98 Å². The smallest absolute Gasteiger partial charge is 0.305 e. The van der Waals surface area contributed by atoms with Gasteiger partial charge >= 0.3 is 5.97 Å². The summed E-state index contributed by atoms with van der Waals surface area (Å²) in [5, 5.41) is 0.901. The molecule has 0 amide bonds. The van der Waals surface area contributed by atoms with Gasteiger partial charge in [0.1, 0.15) is 5.75 Å². The molecule has 0 unspecified atom stereocenters. The van der Waals surface area contributed by atoms with Gasteiger partial charge in [-0.2, -0.15) is 0 Å². The van der Waals surface area contributed by atoms with Gasteiger partial charge in [-0.3, -0.25) is 9.59 Å². The van der Waals surface area contributed by atoms with Crippen LogP contribution in [0.1, 0.15) is 84.6 Å². The fourth-order valence-corrected chi connectivity index (χ4v) is 5.43. The van der Waals surface area contributed by atoms with Gasteiger partial charge in [0.2, 0.25) is 0 Å². The first-order valence-corrected chi connectivity index (χ1v) is 15.2. The molecule has 0 aliphatic heterocycles. The quantitative estimate of drug-likeness (QED) is 0.0869. The van der Waals surface area contributed by atoms with Crippen molar-refractivity contribution < 1.29 is 19.1 Å². The summed E-state index contributed by atoms with van der Waals surface area (Å²) in [6.45, 7) is 2.85. The third-order valence-corrected chi connectivity index (χ3v) is 7.86. The molecule has 5 heteroatoms. The molecule has 1 heterocycles. The summed E-state index contributed by atoms with van der Waals surface area (Å²) in [6.07, 6.45) is 9.99. The second-order valence-electron chi connectivity index (χ2n) is 11.2. The predicted molar refractivity (Wildman–Crippen MR) is 164 cm³/mol. The lowest BCUT2D eigenvalue weighted by atomic mass is 9.98. The van der Waals surface area contributed by atoms with E-state index in [4.69, 9.17) is 9.47 Å². The van der Waals surface area contributed by atoms with E-state index in [1.165, 1.54) is 30.4 Å². The molecule has 0 radical (unpaired) electrons. The normalized spacial score (nSPS) is 12.9. The first kappa shape index (κ1) is 28.7. The van der Waals surface area contributed by atoms with Crippen molar-refractivity contribution in [1.29, 1.82) is 0 Å². The molecule has 41 heavy (non-hydrogen) atoms. The van der Waals surface area contributed by atoms with Crippen LogP contribution in [-0.4, -0.2) is 30.0 Å². The van der Waals surface area contributed by atoms with Crippen molar-refractivity contribution >= 4 is 22.7 Å². The molecule has 1 aliphatic rings. The third kappa shape index (κ3) is 8.09. The Balaban J connectivity index is 1.10. The number of H-pyrrole nitrogens is 1. The highest BCUT2D eigenvalue weighted by atomic mass is 16.5. The van der Waals surface area contributed by atoms with Crippen molar-refractivity contribution in [3.63, 3.8) is 0 Å². The fourth-order valence-electron chi connectivity index (χ4n) is 5.43. The van der Waals surface area contributed by atoms with Crippen LogP contribution in [0, 0.1) is 5.92 Å². The van der Waals surface area contributed by atoms with Crippen molar-refractivity contribution in [2.24, 2.45) is 5.92 Å². The summed E-state index contributed by atoms with van der Waals surface area (Å²) in [5.41, 5.74) is 5.98. The SMILES string of the molecule is CCOC(=O)CCCc1[nH]c2ccccc2c1C(=O)c1ccc(OCCCCCc2ccc(CC3CC3)cc2)cc1. The zero-order valence-corrected chi connectivity index (χ0v) is 24.1. The summed E-state index contributed by atoms with van der Waals surface area (Å²) < 4.78 is 11.0. The second kappa shape index (κ2) is 14.2. The zero-order chi connectivity index (χ0) is 28.4. The van der Waals surface area contributed by atoms with E-state index >= 15 is 0 Å². The van der Waals surface area contributed by atoms with Crippen LogP contribution in [0.5, 0.6) is 5.75 Å². The summed E-state index contributed by atoms with van der Waals surface area (Å²) >= 11 is 0. The first-order valence-electron chi connectivity index (χ1n) is 15.2. The molecule has 214 valence electrons. The minimum absolute atomic E-state index is 0.0271. The van der Waals surface area contributed by atoms with Gasteiger partial charge in [-0.25, -0.2) is 0 Å². The minimum Gasteiger partial charge on any atom is -0.494 e. The number of esters is 1. The number of para-hydroxylation sites is 1. The van der Waals surface area contributed by atoms with E-state index in [1.54, 1.807) is 6.92 Å². The van der Waals surface area contributed by atoms with Gasteiger partial charge in [-0.1, -0.05) is 42.5 Å². The third-order valence-electron chi connectivity index (χ3n) is 7.86. The van der Waals surface area contributed by atoms with Gasteiger partial charge in [0.25, 0.3) is 0 Å². The lowest BCUT2D eigenvalue weighted by Gasteiger charge is -2.08. The van der Waals surface area contributed by atoms with Crippen LogP contribution in [0.3, 0.4) is 0 Å². The number of aromatic amines is 1. The van der Waals surface area contributed by atoms with Crippen LogP contribution in [0.15, 0.2) is 72.8 Å². The average Bonchev–Trinajstić information content (AvgIpc) is 3.73. The predicted octanol–water partition coefficient (Wildman–Crippen LogP) is 8.03. The monoisotopic (exact) mass is 551 g/mol. The Morgan fingerprint density at radius 3 is 2.34 bits per heavy atom. The molecule has 1 N–H and O–H groups in total. The molecule has 3 aromatic carbocycles. The van der Waals surface area contributed by atoms with E-state index in [9.17, 15) is 9.59 Å². The first-order chi connectivity index (χ1) is 20.1. The van der Waals surface area contributed by atoms with E-state index in [1.807, 2.05) is 48.5 Å². The Kier molecular flexibility index (Phi) is 9.90. The molecule has 0 spiro atoms. The summed E-state index contributed by atoms with van der Waals surface area (Å²) in [6, 6.07) is 24.5. The Morgan fingerprint density at radius 2 is 1.59 bits per heavy atom. The topological polar surface area (TPSA) is 68.4 Å². The summed E-state index contributed by atoms with van der Waals surface area (Å²) in [5.74, 6) is 1.48. The average molecular weight is 552 g/mol. The van der Waals surface area contributed by atoms with Crippen molar-refractivity contribution in [2.45, 2.75) is 71.1 Å². The number of benzene rings is 3. The van der Waals surface area contributed by atoms with Crippen LogP contribution in [0.2, 0.25) is 0 Å². The van der Waals surface area contributed by atoms with E-state index < -0.39 is 0 Å². The van der Waals surface area contributed by atoms with Gasteiger partial charge in [0, 0.05) is 28.6 Å². The van der Waals surface area contributed by atoms with Crippen molar-refractivity contribution in [3.8, 4) is 5.75 Å². The fraction of sp³-hybridized carbons (Fsp3) is 0.389. The second-order valence-corrected chi connectivity index (χ2v) is 11.2. The molecule has 1 fully saturated rings. The standard InChI is InChI=1S/C36H41NO4/c1-2-40-34(38)13-8-12-33-35(31-10-5-6-11-32(31)37-33)36(39)29-20-22-30(23-21-29)41-24-7-3-4-9-26-14-16-27(17-15-26)25-28-18-19-28/h5-6,10-11,14-17,20-23,28,37H,2-4,7-9,12-13,18-19,24-25H2,1H3. The molecule has 1 aliphatic carbocycles. The van der Waals surface area contributed by atoms with Crippen molar-refractivity contribution in [2.75, 3.05) is 13.2 Å². The Hall–Kier alpha value is -3.86. The molecular weight excluding hydrogens is 510 g/mol. The molecule has 0 atom stereocenters. The highest BCUT2D eigenvalue weighted by Gasteiger charge is 2.21. The van der Waals surface area contributed by atoms with Crippen LogP contribution in [-0.2, 0) is 28.8 Å². The van der Waals surface area contributed by atoms with E-state index in [-0.39, 0.29) is 11.8 Å². The summed E-state index contributed by atoms with van der Waals surface area (Å²) in [4.78, 5) is 28.8. The number of unbranched alkanes of at least 4 members (excludes halogenated alkanes) is 2. The highest BCUT2D eigenvalue weighted by molar-refractivity contribution is 6.17. The molecule has 1 saturated carbocycles. The van der Waals surface area contributed by atoms with E-state index in [2.05, 4.69) is 29.2 Å². The Labute approximate surface area is 243 Å². The molecule has 1 aromatic heterocycles. The number of fused-ring (bicyclic) bond motifs is 1. The van der Waals surface area contributed by atoms with Gasteiger partial charge in [-0.05, 0) is 112 Å². The van der Waals surface area contributed by atoms with Crippen molar-refractivity contribution in [3.05, 3.63) is 101 Å². The molecule has 5 rings (SSSR count). The van der Waals surface area contributed by atoms with Crippen LogP contribution in [0.25, 0.3) is 10.9 Å². The van der Waals surface area contributed by atoms with Gasteiger partial charge in [0.15, 0.2) is 5.78 Å². The maximum atomic E-state index is 13.6. The van der Waals surface area contributed by atoms with Gasteiger partial charge in [0.05, 0.1) is 18.8 Å². The highest BCUT2D eigenvalue weighted by Crippen LogP contribution is 2.32. The molecule has 0 saturated heterocycles. The van der Waals surface area contributed by atoms with Crippen LogP contribution >= 0.6 is 0 Å². The Bertz CT molecular complexity index is 1430. The number of aryl methyl sites for hydroxylation is 2. The largest absolute Gasteiger partial charge is 0.494 e. The van der Waals surface area contributed by atoms with Gasteiger partial charge in [-0.15, -0.1) is 0 Å². The number of rotatable bonds is 16. The number of carbonyl (C=O) groups is 2. The summed E-state index contributed by atoms with van der Waals surface area (Å²) in [7, 11) is 0. The maximum Gasteiger partial charge on any atom is 0.305 e. The molecule has 5 nitrogen and oxygen atoms in total. The number of hydrogen-bond acceptors (Lipinski definition) is 4. The number of hydrogen-bond donors (Lipinski definition) is 1. The lowest BCUT2D eigenvalue weighted by Crippen LogP contribution is -2.07. The number of carbonyl (C=O) groups excluding carboxylic acids is 2.